The van der Waals surface area contributed by atoms with Gasteiger partial charge in [-0.25, -0.2) is 0 Å². The molecule has 1 amide bonds. The van der Waals surface area contributed by atoms with Crippen LogP contribution in [0.2, 0.25) is 5.02 Å². The lowest BCUT2D eigenvalue weighted by atomic mass is 9.82. The quantitative estimate of drug-likeness (QED) is 0.866. The number of amides is 1. The molecule has 0 aliphatic heterocycles. The maximum absolute atomic E-state index is 13.0. The summed E-state index contributed by atoms with van der Waals surface area (Å²) < 4.78 is 38.9. The zero-order valence-corrected chi connectivity index (χ0v) is 12.0. The molecule has 7 heteroatoms. The summed E-state index contributed by atoms with van der Waals surface area (Å²) in [5.74, 6) is -0.610. The number of alkyl halides is 3. The molecule has 1 fully saturated rings. The van der Waals surface area contributed by atoms with E-state index in [-0.39, 0.29) is 5.02 Å². The second kappa shape index (κ2) is 5.85. The van der Waals surface area contributed by atoms with Crippen LogP contribution < -0.4 is 11.1 Å². The molecule has 0 spiro atoms. The number of nitrogens with two attached hydrogens (primary N) is 1. The van der Waals surface area contributed by atoms with Gasteiger partial charge in [-0.1, -0.05) is 36.9 Å². The molecule has 1 saturated carbocycles. The van der Waals surface area contributed by atoms with Gasteiger partial charge in [0.05, 0.1) is 21.8 Å². The van der Waals surface area contributed by atoms with E-state index in [1.54, 1.807) is 0 Å². The van der Waals surface area contributed by atoms with Crippen LogP contribution in [0, 0.1) is 0 Å². The number of nitrogens with one attached hydrogen (secondary N) is 1. The first kappa shape index (κ1) is 16.1. The summed E-state index contributed by atoms with van der Waals surface area (Å²) >= 11 is 5.81. The van der Waals surface area contributed by atoms with E-state index in [1.165, 1.54) is 12.1 Å². The first-order valence-corrected chi connectivity index (χ1v) is 7.08. The van der Waals surface area contributed by atoms with Crippen LogP contribution >= 0.6 is 11.6 Å². The van der Waals surface area contributed by atoms with Gasteiger partial charge >= 0.3 is 6.18 Å². The van der Waals surface area contributed by atoms with Crippen molar-refractivity contribution >= 4 is 23.2 Å². The highest BCUT2D eigenvalue weighted by molar-refractivity contribution is 6.34. The molecule has 1 aliphatic rings. The SMILES string of the molecule is NC1(C(=O)Nc2c(Cl)cccc2C(F)(F)F)CCCCC1. The fourth-order valence-corrected chi connectivity index (χ4v) is 2.76. The summed E-state index contributed by atoms with van der Waals surface area (Å²) in [6.45, 7) is 0. The van der Waals surface area contributed by atoms with Crippen LogP contribution in [0.25, 0.3) is 0 Å². The molecule has 116 valence electrons. The van der Waals surface area contributed by atoms with Gasteiger partial charge in [0, 0.05) is 0 Å². The summed E-state index contributed by atoms with van der Waals surface area (Å²) in [6.07, 6.45) is -1.11. The van der Waals surface area contributed by atoms with E-state index < -0.39 is 28.9 Å². The summed E-state index contributed by atoms with van der Waals surface area (Å²) in [5, 5.41) is 2.12. The minimum Gasteiger partial charge on any atom is -0.323 e. The lowest BCUT2D eigenvalue weighted by molar-refractivity contribution is -0.137. The second-order valence-electron chi connectivity index (χ2n) is 5.33. The third-order valence-corrected chi connectivity index (χ3v) is 4.07. The first-order chi connectivity index (χ1) is 9.74. The lowest BCUT2D eigenvalue weighted by Gasteiger charge is -2.32. The summed E-state index contributed by atoms with van der Waals surface area (Å²) in [4.78, 5) is 12.3. The van der Waals surface area contributed by atoms with Gasteiger partial charge in [0.1, 0.15) is 0 Å². The number of anilines is 1. The Balaban J connectivity index is 2.29. The van der Waals surface area contributed by atoms with Crippen LogP contribution in [0.5, 0.6) is 0 Å². The van der Waals surface area contributed by atoms with Crippen molar-refractivity contribution in [3.63, 3.8) is 0 Å². The van der Waals surface area contributed by atoms with Crippen molar-refractivity contribution < 1.29 is 18.0 Å². The van der Waals surface area contributed by atoms with Crippen LogP contribution in [0.1, 0.15) is 37.7 Å². The number of para-hydroxylation sites is 1. The van der Waals surface area contributed by atoms with Crippen LogP contribution in [-0.2, 0) is 11.0 Å². The number of halogens is 4. The molecule has 1 aliphatic carbocycles. The maximum Gasteiger partial charge on any atom is 0.418 e. The average molecular weight is 321 g/mol. The van der Waals surface area contributed by atoms with Crippen molar-refractivity contribution in [2.24, 2.45) is 5.73 Å². The molecule has 0 heterocycles. The molecule has 0 aromatic heterocycles. The number of rotatable bonds is 2. The Hall–Kier alpha value is -1.27. The Kier molecular flexibility index (Phi) is 4.49. The number of hydrogen-bond donors (Lipinski definition) is 2. The van der Waals surface area contributed by atoms with Crippen molar-refractivity contribution in [3.8, 4) is 0 Å². The zero-order chi connectivity index (χ0) is 15.7. The summed E-state index contributed by atoms with van der Waals surface area (Å²) in [5.41, 5.74) is 3.50. The fraction of sp³-hybridized carbons (Fsp3) is 0.500. The van der Waals surface area contributed by atoms with Gasteiger partial charge in [-0.05, 0) is 25.0 Å². The topological polar surface area (TPSA) is 55.1 Å². The van der Waals surface area contributed by atoms with Crippen LogP contribution in [0.3, 0.4) is 0 Å². The monoisotopic (exact) mass is 320 g/mol. The standard InChI is InChI=1S/C14H16ClF3N2O/c15-10-6-4-5-9(14(16,17)18)11(10)20-12(21)13(19)7-2-1-3-8-13/h4-6H,1-3,7-8,19H2,(H,20,21). The summed E-state index contributed by atoms with van der Waals surface area (Å²) in [7, 11) is 0. The number of carbonyl (C=O) groups excluding carboxylic acids is 1. The van der Waals surface area contributed by atoms with Gasteiger partial charge in [-0.3, -0.25) is 4.79 Å². The molecule has 21 heavy (non-hydrogen) atoms. The van der Waals surface area contributed by atoms with E-state index >= 15 is 0 Å². The van der Waals surface area contributed by atoms with E-state index in [0.29, 0.717) is 12.8 Å². The van der Waals surface area contributed by atoms with Gasteiger partial charge in [0.15, 0.2) is 0 Å². The summed E-state index contributed by atoms with van der Waals surface area (Å²) in [6, 6.07) is 3.38. The van der Waals surface area contributed by atoms with Gasteiger partial charge in [-0.15, -0.1) is 0 Å². The normalized spacial score (nSPS) is 18.3. The number of carbonyl (C=O) groups is 1. The Bertz CT molecular complexity index is 540. The minimum atomic E-state index is -4.60. The van der Waals surface area contributed by atoms with Crippen LogP contribution in [-0.4, -0.2) is 11.4 Å². The van der Waals surface area contributed by atoms with E-state index in [4.69, 9.17) is 17.3 Å². The molecule has 1 aromatic rings. The fourth-order valence-electron chi connectivity index (χ4n) is 2.54. The molecular formula is C14H16ClF3N2O. The Morgan fingerprint density at radius 1 is 1.24 bits per heavy atom. The molecule has 0 atom stereocenters. The van der Waals surface area contributed by atoms with Crippen molar-refractivity contribution in [1.29, 1.82) is 0 Å². The van der Waals surface area contributed by atoms with Crippen LogP contribution in [0.15, 0.2) is 18.2 Å². The smallest absolute Gasteiger partial charge is 0.323 e. The van der Waals surface area contributed by atoms with E-state index in [0.717, 1.165) is 25.3 Å². The lowest BCUT2D eigenvalue weighted by Crippen LogP contribution is -2.52. The highest BCUT2D eigenvalue weighted by atomic mass is 35.5. The predicted molar refractivity (Wildman–Crippen MR) is 75.1 cm³/mol. The van der Waals surface area contributed by atoms with E-state index in [2.05, 4.69) is 5.32 Å². The Morgan fingerprint density at radius 2 is 1.86 bits per heavy atom. The average Bonchev–Trinajstić information content (AvgIpc) is 2.40. The van der Waals surface area contributed by atoms with Gasteiger partial charge < -0.3 is 11.1 Å². The third-order valence-electron chi connectivity index (χ3n) is 3.76. The molecule has 0 radical (unpaired) electrons. The van der Waals surface area contributed by atoms with Crippen molar-refractivity contribution in [3.05, 3.63) is 28.8 Å². The number of benzene rings is 1. The van der Waals surface area contributed by atoms with Crippen molar-refractivity contribution in [2.45, 2.75) is 43.8 Å². The van der Waals surface area contributed by atoms with Gasteiger partial charge in [0.2, 0.25) is 5.91 Å². The molecule has 3 nitrogen and oxygen atoms in total. The number of hydrogen-bond acceptors (Lipinski definition) is 2. The van der Waals surface area contributed by atoms with Crippen molar-refractivity contribution in [1.82, 2.24) is 0 Å². The molecular weight excluding hydrogens is 305 g/mol. The molecule has 0 saturated heterocycles. The molecule has 0 unspecified atom stereocenters. The van der Waals surface area contributed by atoms with E-state index in [9.17, 15) is 18.0 Å². The van der Waals surface area contributed by atoms with Crippen molar-refractivity contribution in [2.75, 3.05) is 5.32 Å². The Morgan fingerprint density at radius 3 is 2.43 bits per heavy atom. The van der Waals surface area contributed by atoms with Gasteiger partial charge in [0.25, 0.3) is 0 Å². The first-order valence-electron chi connectivity index (χ1n) is 6.70. The zero-order valence-electron chi connectivity index (χ0n) is 11.3. The van der Waals surface area contributed by atoms with Gasteiger partial charge in [-0.2, -0.15) is 13.2 Å². The highest BCUT2D eigenvalue weighted by Gasteiger charge is 2.39. The third kappa shape index (κ3) is 3.49. The highest BCUT2D eigenvalue weighted by Crippen LogP contribution is 2.39. The molecule has 1 aromatic carbocycles. The Labute approximate surface area is 125 Å². The van der Waals surface area contributed by atoms with E-state index in [1.807, 2.05) is 0 Å². The largest absolute Gasteiger partial charge is 0.418 e. The maximum atomic E-state index is 13.0. The molecule has 0 bridgehead atoms. The second-order valence-corrected chi connectivity index (χ2v) is 5.74. The van der Waals surface area contributed by atoms with Crippen LogP contribution in [0.4, 0.5) is 18.9 Å². The predicted octanol–water partition coefficient (Wildman–Crippen LogP) is 3.96. The molecule has 2 rings (SSSR count). The minimum absolute atomic E-state index is 0.155. The molecule has 3 N–H and O–H groups in total.